The molecule has 0 radical (unpaired) electrons. The van der Waals surface area contributed by atoms with E-state index in [2.05, 4.69) is 43.1 Å². The van der Waals surface area contributed by atoms with Gasteiger partial charge in [0.05, 0.1) is 4.88 Å². The molecule has 0 N–H and O–H groups in total. The molecule has 6 nitrogen and oxygen atoms in total. The highest BCUT2D eigenvalue weighted by atomic mass is 32.3. The van der Waals surface area contributed by atoms with E-state index in [4.69, 9.17) is 0 Å². The topological polar surface area (TPSA) is 86.3 Å². The summed E-state index contributed by atoms with van der Waals surface area (Å²) in [7, 11) is -13.4. The summed E-state index contributed by atoms with van der Waals surface area (Å²) in [4.78, 5) is 1.59. The lowest BCUT2D eigenvalue weighted by Crippen LogP contribution is -2.30. The molecule has 1 aromatic heterocycles. The molecule has 1 rings (SSSR count). The van der Waals surface area contributed by atoms with E-state index in [1.165, 1.54) is 37.8 Å². The first-order valence-electron chi connectivity index (χ1n) is 9.57. The molecule has 0 aromatic carbocycles. The maximum atomic E-state index is 11.4. The third-order valence-corrected chi connectivity index (χ3v) is 7.61. The number of thiazole rings is 1. The van der Waals surface area contributed by atoms with E-state index in [0.29, 0.717) is 0 Å². The van der Waals surface area contributed by atoms with Crippen LogP contribution in [0.5, 0.6) is 0 Å². The van der Waals surface area contributed by atoms with Crippen molar-refractivity contribution in [1.82, 2.24) is 0 Å². The van der Waals surface area contributed by atoms with Gasteiger partial charge in [0.1, 0.15) is 0 Å². The second-order valence-electron chi connectivity index (χ2n) is 6.37. The van der Waals surface area contributed by atoms with E-state index in [1.54, 1.807) is 4.88 Å². The molecule has 0 aliphatic rings. The zero-order valence-electron chi connectivity index (χ0n) is 17.7. The number of rotatable bonds is 10. The van der Waals surface area contributed by atoms with Crippen molar-refractivity contribution < 1.29 is 47.7 Å². The summed E-state index contributed by atoms with van der Waals surface area (Å²) in [6.07, 6.45) is 13.4. The lowest BCUT2D eigenvalue weighted by molar-refractivity contribution is -0.571. The molecule has 0 amide bonds. The predicted octanol–water partition coefficient (Wildman–Crippen LogP) is 5.66. The monoisotopic (exact) mass is 532 g/mol. The molecular formula is C17H26F6N2O4S3. The number of alkyl halides is 6. The first-order chi connectivity index (χ1) is 14.5. The van der Waals surface area contributed by atoms with Crippen LogP contribution in [0.3, 0.4) is 0 Å². The van der Waals surface area contributed by atoms with Gasteiger partial charge in [-0.05, 0) is 25.3 Å². The lowest BCUT2D eigenvalue weighted by atomic mass is 10.1. The average molecular weight is 533 g/mol. The van der Waals surface area contributed by atoms with Crippen molar-refractivity contribution in [1.29, 1.82) is 0 Å². The van der Waals surface area contributed by atoms with E-state index in [-0.39, 0.29) is 0 Å². The van der Waals surface area contributed by atoms with Crippen LogP contribution in [0.1, 0.15) is 63.4 Å². The number of halogens is 6. The lowest BCUT2D eigenvalue weighted by Gasteiger charge is -2.22. The van der Waals surface area contributed by atoms with E-state index >= 15 is 0 Å². The minimum absolute atomic E-state index is 0.778. The van der Waals surface area contributed by atoms with Crippen LogP contribution < -0.4 is 4.57 Å². The number of hydrogen-bond acceptors (Lipinski definition) is 5. The predicted molar refractivity (Wildman–Crippen MR) is 111 cm³/mol. The van der Waals surface area contributed by atoms with Crippen molar-refractivity contribution in [2.45, 2.75) is 76.7 Å². The molecule has 32 heavy (non-hydrogen) atoms. The van der Waals surface area contributed by atoms with Crippen molar-refractivity contribution in [3.63, 3.8) is 0 Å². The van der Waals surface area contributed by atoms with Crippen molar-refractivity contribution in [2.75, 3.05) is 0 Å². The van der Waals surface area contributed by atoms with Gasteiger partial charge in [-0.2, -0.15) is 30.9 Å². The van der Waals surface area contributed by atoms with Crippen molar-refractivity contribution in [3.8, 4) is 0 Å². The fraction of sp³-hybridized carbons (Fsp3) is 0.706. The highest BCUT2D eigenvalue weighted by Gasteiger charge is 2.46. The van der Waals surface area contributed by atoms with Gasteiger partial charge in [-0.15, -0.1) is 0 Å². The molecule has 0 saturated heterocycles. The third-order valence-electron chi connectivity index (χ3n) is 3.82. The molecule has 0 aliphatic heterocycles. The Morgan fingerprint density at radius 3 is 1.88 bits per heavy atom. The maximum absolute atomic E-state index is 11.4. The Morgan fingerprint density at radius 1 is 0.938 bits per heavy atom. The van der Waals surface area contributed by atoms with Gasteiger partial charge in [0.25, 0.3) is 0 Å². The summed E-state index contributed by atoms with van der Waals surface area (Å²) in [6.45, 7) is 6.71. The van der Waals surface area contributed by atoms with Gasteiger partial charge in [0, 0.05) is 6.42 Å². The molecule has 15 heteroatoms. The fourth-order valence-corrected chi connectivity index (χ4v) is 5.04. The van der Waals surface area contributed by atoms with Crippen LogP contribution in [0.2, 0.25) is 0 Å². The number of aryl methyl sites for hydroxylation is 1. The maximum Gasteiger partial charge on any atom is 0.480 e. The first kappa shape index (κ1) is 30.8. The number of hydrogen-bond donors (Lipinski definition) is 0. The highest BCUT2D eigenvalue weighted by Crippen LogP contribution is 2.36. The van der Waals surface area contributed by atoms with E-state index in [0.717, 1.165) is 17.0 Å². The summed E-state index contributed by atoms with van der Waals surface area (Å²) < 4.78 is 111. The molecule has 0 aliphatic carbocycles. The fourth-order valence-electron chi connectivity index (χ4n) is 2.25. The Kier molecular flexibility index (Phi) is 12.4. The largest absolute Gasteiger partial charge is 0.480 e. The van der Waals surface area contributed by atoms with Gasteiger partial charge in [-0.3, -0.25) is 0 Å². The van der Waals surface area contributed by atoms with Crippen LogP contribution in [-0.2, 0) is 32.9 Å². The summed E-state index contributed by atoms with van der Waals surface area (Å²) in [5.41, 5.74) is -8.65. The highest BCUT2D eigenvalue weighted by molar-refractivity contribution is 8.13. The van der Waals surface area contributed by atoms with Crippen molar-refractivity contribution >= 4 is 37.6 Å². The molecule has 0 saturated carbocycles. The van der Waals surface area contributed by atoms with Gasteiger partial charge in [0.2, 0.25) is 11.2 Å². The summed E-state index contributed by atoms with van der Waals surface area (Å²) in [5, 5.41) is 0. The second kappa shape index (κ2) is 12.9. The van der Waals surface area contributed by atoms with Gasteiger partial charge in [0.15, 0.2) is 26.2 Å². The zero-order valence-corrected chi connectivity index (χ0v) is 20.2. The van der Waals surface area contributed by atoms with E-state index in [9.17, 15) is 43.2 Å². The molecule has 0 atom stereocenters. The minimum Gasteiger partial charge on any atom is -0.421 e. The SMILES string of the molecule is CCC=C[n+]1csc(CCCCCC)c1CC.O=S(=O)([N-]S(=O)(=O)C(F)(F)F)C(F)(F)F. The molecular weight excluding hydrogens is 506 g/mol. The number of sulfonamides is 2. The van der Waals surface area contributed by atoms with Gasteiger partial charge in [-0.25, -0.2) is 16.8 Å². The quantitative estimate of drug-likeness (QED) is 0.221. The molecule has 0 spiro atoms. The molecule has 0 bridgehead atoms. The smallest absolute Gasteiger partial charge is 0.421 e. The second-order valence-corrected chi connectivity index (χ2v) is 10.7. The first-order valence-corrected chi connectivity index (χ1v) is 13.3. The number of nitrogens with zero attached hydrogens (tertiary/aromatic N) is 2. The Morgan fingerprint density at radius 2 is 1.47 bits per heavy atom. The van der Waals surface area contributed by atoms with Gasteiger partial charge >= 0.3 is 11.0 Å². The van der Waals surface area contributed by atoms with E-state index in [1.807, 2.05) is 11.3 Å². The van der Waals surface area contributed by atoms with Gasteiger partial charge < -0.3 is 4.13 Å². The van der Waals surface area contributed by atoms with Crippen molar-refractivity contribution in [2.24, 2.45) is 0 Å². The standard InChI is InChI=1S/C15H26NS.C2F6NO4S2/c1-4-7-9-10-11-15-14(6-3)16(13-17-15)12-8-5-2;3-1(4,5)14(10,11)9-15(12,13)2(6,7)8/h8,12-13H,4-7,9-11H2,1-3H3;/q+1;-1. The number of allylic oxidation sites excluding steroid dienone is 1. The number of aromatic nitrogens is 1. The zero-order chi connectivity index (χ0) is 25.2. The normalized spacial score (nSPS) is 13.3. The molecule has 0 unspecified atom stereocenters. The molecule has 0 fully saturated rings. The average Bonchev–Trinajstić information content (AvgIpc) is 3.03. The minimum atomic E-state index is -6.72. The van der Waals surface area contributed by atoms with Crippen LogP contribution >= 0.6 is 11.3 Å². The molecule has 1 aromatic rings. The summed E-state index contributed by atoms with van der Waals surface area (Å²) in [5.74, 6) is 0. The Balaban J connectivity index is 0.000000607. The van der Waals surface area contributed by atoms with Crippen LogP contribution in [0.25, 0.3) is 10.3 Å². The molecule has 1 heterocycles. The van der Waals surface area contributed by atoms with Gasteiger partial charge in [-0.1, -0.05) is 51.4 Å². The van der Waals surface area contributed by atoms with Crippen molar-refractivity contribution in [3.05, 3.63) is 26.3 Å². The van der Waals surface area contributed by atoms with Crippen LogP contribution in [0.15, 0.2) is 11.6 Å². The summed E-state index contributed by atoms with van der Waals surface area (Å²) >= 11 is 1.92. The summed E-state index contributed by atoms with van der Waals surface area (Å²) in [6, 6.07) is 0. The molecule has 188 valence electrons. The Labute approximate surface area is 188 Å². The van der Waals surface area contributed by atoms with Crippen LogP contribution in [-0.4, -0.2) is 27.9 Å². The Bertz CT molecular complexity index is 894. The number of unbranched alkanes of at least 4 members (excludes halogenated alkanes) is 3. The van der Waals surface area contributed by atoms with Crippen LogP contribution in [0.4, 0.5) is 26.3 Å². The van der Waals surface area contributed by atoms with E-state index < -0.39 is 31.1 Å². The Hall–Kier alpha value is -1.19. The van der Waals surface area contributed by atoms with Crippen LogP contribution in [0, 0.1) is 0 Å². The third kappa shape index (κ3) is 9.75.